The van der Waals surface area contributed by atoms with Crippen LogP contribution >= 0.6 is 0 Å². The number of aliphatic hydroxyl groups excluding tert-OH is 1. The molecule has 1 aromatic carbocycles. The molecule has 2 aromatic heterocycles. The van der Waals surface area contributed by atoms with E-state index in [1.807, 2.05) is 30.3 Å². The zero-order valence-corrected chi connectivity index (χ0v) is 11.6. The number of benzene rings is 1. The summed E-state index contributed by atoms with van der Waals surface area (Å²) in [5.41, 5.74) is 2.02. The molecule has 0 radical (unpaired) electrons. The van der Waals surface area contributed by atoms with Gasteiger partial charge in [0.05, 0.1) is 6.26 Å². The van der Waals surface area contributed by atoms with Crippen molar-refractivity contribution in [3.63, 3.8) is 0 Å². The number of aromatic amines is 1. The quantitative estimate of drug-likeness (QED) is 0.429. The van der Waals surface area contributed by atoms with Gasteiger partial charge in [-0.15, -0.1) is 0 Å². The number of hydrogen-bond donors (Lipinski definition) is 2. The van der Waals surface area contributed by atoms with Gasteiger partial charge in [0.15, 0.2) is 17.3 Å². The Balaban J connectivity index is 1.73. The second kappa shape index (κ2) is 6.09. The molecule has 0 amide bonds. The van der Waals surface area contributed by atoms with E-state index in [9.17, 15) is 9.90 Å². The molecule has 2 N–H and O–H groups in total. The number of furan rings is 1. The van der Waals surface area contributed by atoms with Crippen LogP contribution in [0.15, 0.2) is 59.5 Å². The van der Waals surface area contributed by atoms with Crippen LogP contribution in [0.2, 0.25) is 0 Å². The number of aliphatic hydroxyl groups is 1. The molecule has 3 aromatic rings. The molecule has 6 heteroatoms. The van der Waals surface area contributed by atoms with E-state index in [-0.39, 0.29) is 17.3 Å². The Bertz CT molecular complexity index is 789. The second-order valence-corrected chi connectivity index (χ2v) is 4.71. The summed E-state index contributed by atoms with van der Waals surface area (Å²) in [6.45, 7) is 0. The molecule has 0 saturated carbocycles. The number of nitrogens with one attached hydrogen (secondary N) is 1. The Morgan fingerprint density at radius 3 is 2.82 bits per heavy atom. The molecule has 6 nitrogen and oxygen atoms in total. The lowest BCUT2D eigenvalue weighted by Crippen LogP contribution is -1.96. The number of nitrogens with zero attached hydrogens (tertiary/aromatic N) is 2. The molecule has 0 aliphatic heterocycles. The number of carbonyl (C=O) groups is 1. The van der Waals surface area contributed by atoms with Gasteiger partial charge in [0, 0.05) is 12.5 Å². The van der Waals surface area contributed by atoms with Gasteiger partial charge >= 0.3 is 0 Å². The van der Waals surface area contributed by atoms with E-state index in [4.69, 9.17) is 4.42 Å². The summed E-state index contributed by atoms with van der Waals surface area (Å²) < 4.78 is 5.27. The fraction of sp³-hybridized carbons (Fsp3) is 0.0625. The highest BCUT2D eigenvalue weighted by Gasteiger charge is 2.12. The summed E-state index contributed by atoms with van der Waals surface area (Å²) in [7, 11) is 0. The number of ketones is 1. The standard InChI is InChI=1S/C16H13N3O3/c20-13(8-14(21)16-17-10-18-19-16)15-7-12(9-22-15)6-11-4-2-1-3-5-11/h1-5,7-10,21H,6H2,(H,17,18,19). The average Bonchev–Trinajstić information content (AvgIpc) is 3.19. The van der Waals surface area contributed by atoms with Gasteiger partial charge in [-0.25, -0.2) is 4.98 Å². The molecule has 0 aliphatic carbocycles. The first kappa shape index (κ1) is 13.8. The smallest absolute Gasteiger partial charge is 0.224 e. The first-order chi connectivity index (χ1) is 10.7. The molecule has 0 bridgehead atoms. The van der Waals surface area contributed by atoms with Crippen molar-refractivity contribution in [2.24, 2.45) is 0 Å². The summed E-state index contributed by atoms with van der Waals surface area (Å²) >= 11 is 0. The third-order valence-corrected chi connectivity index (χ3v) is 3.07. The molecule has 3 rings (SSSR count). The van der Waals surface area contributed by atoms with Gasteiger partial charge < -0.3 is 9.52 Å². The Morgan fingerprint density at radius 1 is 1.27 bits per heavy atom. The van der Waals surface area contributed by atoms with E-state index in [1.54, 1.807) is 12.3 Å². The lowest BCUT2D eigenvalue weighted by atomic mass is 10.1. The highest BCUT2D eigenvalue weighted by atomic mass is 16.3. The molecule has 0 spiro atoms. The van der Waals surface area contributed by atoms with Crippen LogP contribution in [-0.4, -0.2) is 26.1 Å². The fourth-order valence-corrected chi connectivity index (χ4v) is 2.02. The lowest BCUT2D eigenvalue weighted by molar-refractivity contribution is 0.102. The first-order valence-corrected chi connectivity index (χ1v) is 6.64. The summed E-state index contributed by atoms with van der Waals surface area (Å²) in [5, 5.41) is 15.8. The molecule has 110 valence electrons. The highest BCUT2D eigenvalue weighted by molar-refractivity contribution is 6.05. The lowest BCUT2D eigenvalue weighted by Gasteiger charge is -1.96. The molecule has 2 heterocycles. The van der Waals surface area contributed by atoms with Crippen molar-refractivity contribution < 1.29 is 14.3 Å². The predicted octanol–water partition coefficient (Wildman–Crippen LogP) is 2.77. The third kappa shape index (κ3) is 3.12. The van der Waals surface area contributed by atoms with Crippen LogP contribution in [0.3, 0.4) is 0 Å². The van der Waals surface area contributed by atoms with E-state index in [2.05, 4.69) is 15.2 Å². The van der Waals surface area contributed by atoms with Crippen LogP contribution in [0.4, 0.5) is 0 Å². The number of allylic oxidation sites excluding steroid dienone is 1. The monoisotopic (exact) mass is 295 g/mol. The number of rotatable bonds is 5. The normalized spacial score (nSPS) is 11.5. The average molecular weight is 295 g/mol. The van der Waals surface area contributed by atoms with Gasteiger partial charge in [0.25, 0.3) is 0 Å². The van der Waals surface area contributed by atoms with Gasteiger partial charge in [0.2, 0.25) is 5.78 Å². The highest BCUT2D eigenvalue weighted by Crippen LogP contribution is 2.15. The SMILES string of the molecule is O=C(C=C(O)c1ncn[nH]1)c1cc(Cc2ccccc2)co1. The van der Waals surface area contributed by atoms with Crippen LogP contribution < -0.4 is 0 Å². The van der Waals surface area contributed by atoms with E-state index < -0.39 is 5.78 Å². The summed E-state index contributed by atoms with van der Waals surface area (Å²) in [6.07, 6.45) is 4.51. The molecular weight excluding hydrogens is 282 g/mol. The summed E-state index contributed by atoms with van der Waals surface area (Å²) in [5.74, 6) is -0.432. The van der Waals surface area contributed by atoms with Crippen LogP contribution in [0, 0.1) is 0 Å². The minimum absolute atomic E-state index is 0.129. The van der Waals surface area contributed by atoms with Crippen LogP contribution in [0.25, 0.3) is 5.76 Å². The minimum atomic E-state index is -0.437. The number of carbonyl (C=O) groups excluding carboxylic acids is 1. The maximum atomic E-state index is 12.0. The van der Waals surface area contributed by atoms with Crippen molar-refractivity contribution >= 4 is 11.5 Å². The molecule has 22 heavy (non-hydrogen) atoms. The number of hydrogen-bond acceptors (Lipinski definition) is 5. The molecule has 0 fully saturated rings. The number of H-pyrrole nitrogens is 1. The van der Waals surface area contributed by atoms with Crippen molar-refractivity contribution in [3.05, 3.63) is 77.8 Å². The molecule has 0 unspecified atom stereocenters. The molecule has 0 aliphatic rings. The maximum Gasteiger partial charge on any atom is 0.224 e. The first-order valence-electron chi connectivity index (χ1n) is 6.64. The van der Waals surface area contributed by atoms with Crippen molar-refractivity contribution in [1.29, 1.82) is 0 Å². The molecule has 0 saturated heterocycles. The molecular formula is C16H13N3O3. The van der Waals surface area contributed by atoms with Crippen molar-refractivity contribution in [2.45, 2.75) is 6.42 Å². The van der Waals surface area contributed by atoms with Gasteiger partial charge in [0.1, 0.15) is 6.33 Å². The third-order valence-electron chi connectivity index (χ3n) is 3.07. The van der Waals surface area contributed by atoms with Crippen molar-refractivity contribution in [2.75, 3.05) is 0 Å². The topological polar surface area (TPSA) is 92.0 Å². The Labute approximate surface area is 126 Å². The van der Waals surface area contributed by atoms with Crippen molar-refractivity contribution in [3.8, 4) is 0 Å². The Kier molecular flexibility index (Phi) is 3.82. The van der Waals surface area contributed by atoms with E-state index in [0.29, 0.717) is 6.42 Å². The largest absolute Gasteiger partial charge is 0.504 e. The van der Waals surface area contributed by atoms with Gasteiger partial charge in [-0.1, -0.05) is 30.3 Å². The summed E-state index contributed by atoms with van der Waals surface area (Å²) in [6, 6.07) is 11.5. The van der Waals surface area contributed by atoms with E-state index >= 15 is 0 Å². The van der Waals surface area contributed by atoms with Crippen LogP contribution in [0.5, 0.6) is 0 Å². The van der Waals surface area contributed by atoms with E-state index in [0.717, 1.165) is 17.2 Å². The minimum Gasteiger partial charge on any atom is -0.504 e. The Hall–Kier alpha value is -3.15. The molecule has 0 atom stereocenters. The van der Waals surface area contributed by atoms with Gasteiger partial charge in [-0.05, 0) is 17.2 Å². The predicted molar refractivity (Wildman–Crippen MR) is 79.3 cm³/mol. The number of aromatic nitrogens is 3. The fourth-order valence-electron chi connectivity index (χ4n) is 2.02. The second-order valence-electron chi connectivity index (χ2n) is 4.71. The summed E-state index contributed by atoms with van der Waals surface area (Å²) in [4.78, 5) is 15.8. The van der Waals surface area contributed by atoms with Crippen molar-refractivity contribution in [1.82, 2.24) is 15.2 Å². The van der Waals surface area contributed by atoms with Gasteiger partial charge in [-0.2, -0.15) is 5.10 Å². The van der Waals surface area contributed by atoms with Crippen LogP contribution in [0.1, 0.15) is 27.5 Å². The zero-order chi connectivity index (χ0) is 15.4. The maximum absolute atomic E-state index is 12.0. The zero-order valence-electron chi connectivity index (χ0n) is 11.6. The van der Waals surface area contributed by atoms with Gasteiger partial charge in [-0.3, -0.25) is 9.89 Å². The van der Waals surface area contributed by atoms with Crippen LogP contribution in [-0.2, 0) is 6.42 Å². The van der Waals surface area contributed by atoms with E-state index in [1.165, 1.54) is 6.33 Å². The Morgan fingerprint density at radius 2 is 2.09 bits per heavy atom.